The number of amides is 3. The third-order valence-corrected chi connectivity index (χ3v) is 4.91. The summed E-state index contributed by atoms with van der Waals surface area (Å²) in [4.78, 5) is 35.5. The molecule has 0 unspecified atom stereocenters. The number of hydrogen-bond acceptors (Lipinski definition) is 4. The van der Waals surface area contributed by atoms with Crippen LogP contribution >= 0.6 is 11.8 Å². The van der Waals surface area contributed by atoms with Gasteiger partial charge in [-0.05, 0) is 6.07 Å². The zero-order valence-corrected chi connectivity index (χ0v) is 12.9. The minimum absolute atomic E-state index is 0.0646. The number of carbonyl (C=O) groups excluding carboxylic acids is 2. The maximum atomic E-state index is 11.7. The first-order chi connectivity index (χ1) is 11.0. The number of carbonyl (C=O) groups is 3. The van der Waals surface area contributed by atoms with Crippen LogP contribution in [0.15, 0.2) is 35.8 Å². The zero-order chi connectivity index (χ0) is 16.6. The van der Waals surface area contributed by atoms with Crippen molar-refractivity contribution in [3.63, 3.8) is 0 Å². The van der Waals surface area contributed by atoms with Gasteiger partial charge in [-0.15, -0.1) is 11.8 Å². The Balaban J connectivity index is 1.88. The van der Waals surface area contributed by atoms with Crippen molar-refractivity contribution in [3.8, 4) is 0 Å². The van der Waals surface area contributed by atoms with E-state index in [1.54, 1.807) is 40.9 Å². The lowest BCUT2D eigenvalue weighted by Gasteiger charge is -2.43. The van der Waals surface area contributed by atoms with Crippen LogP contribution in [0.5, 0.6) is 0 Å². The van der Waals surface area contributed by atoms with Crippen molar-refractivity contribution in [2.24, 2.45) is 5.73 Å². The predicted molar refractivity (Wildman–Crippen MR) is 82.2 cm³/mol. The van der Waals surface area contributed by atoms with E-state index in [0.29, 0.717) is 30.0 Å². The monoisotopic (exact) mass is 335 g/mol. The van der Waals surface area contributed by atoms with Gasteiger partial charge < -0.3 is 16.2 Å². The first kappa shape index (κ1) is 15.3. The maximum absolute atomic E-state index is 11.7. The number of aliphatic carboxylic acids is 1. The number of primary amides is 1. The number of carboxylic acid groups (broad SMARTS) is 1. The molecule has 0 saturated carbocycles. The van der Waals surface area contributed by atoms with Gasteiger partial charge in [0, 0.05) is 17.4 Å². The van der Waals surface area contributed by atoms with Crippen LogP contribution in [0.25, 0.3) is 0 Å². The molecule has 4 N–H and O–H groups in total. The van der Waals surface area contributed by atoms with Crippen molar-refractivity contribution in [1.82, 2.24) is 4.90 Å². The van der Waals surface area contributed by atoms with Gasteiger partial charge in [0.15, 0.2) is 18.9 Å². The fourth-order valence-electron chi connectivity index (χ4n) is 2.66. The number of thioether (sulfide) groups is 1. The molecule has 3 heterocycles. The van der Waals surface area contributed by atoms with Crippen LogP contribution in [0.3, 0.4) is 0 Å². The van der Waals surface area contributed by atoms with Crippen LogP contribution in [0, 0.1) is 0 Å². The number of anilines is 1. The van der Waals surface area contributed by atoms with Crippen molar-refractivity contribution in [2.45, 2.75) is 18.3 Å². The Morgan fingerprint density at radius 3 is 2.96 bits per heavy atom. The molecule has 0 aliphatic carbocycles. The molecule has 120 valence electrons. The van der Waals surface area contributed by atoms with Gasteiger partial charge in [-0.1, -0.05) is 0 Å². The van der Waals surface area contributed by atoms with Gasteiger partial charge in [-0.3, -0.25) is 9.69 Å². The molecule has 1 aromatic rings. The van der Waals surface area contributed by atoms with Crippen LogP contribution in [0.1, 0.15) is 6.42 Å². The lowest BCUT2D eigenvalue weighted by molar-refractivity contribution is -0.688. The Kier molecular flexibility index (Phi) is 3.95. The molecule has 23 heavy (non-hydrogen) atoms. The summed E-state index contributed by atoms with van der Waals surface area (Å²) < 4.78 is 1.74. The maximum Gasteiger partial charge on any atom is 0.352 e. The molecule has 0 spiro atoms. The number of β-lactam (4-membered cyclic amide) rings is 1. The number of carboxylic acids is 1. The summed E-state index contributed by atoms with van der Waals surface area (Å²) in [6.07, 6.45) is 3.80. The standard InChI is InChI=1S/C14H14N4O4S/c15-14(22)16-9-2-1-3-17(6-9)5-8-7-23-11-4-10(19)18(11)12(8)13(20)21/h1-3,6,11H,4-5,7H2,(H3-,15,16,20,21,22)/p+1/t11-/m0/s1. The first-order valence-corrected chi connectivity index (χ1v) is 7.95. The van der Waals surface area contributed by atoms with E-state index in [4.69, 9.17) is 5.73 Å². The van der Waals surface area contributed by atoms with Gasteiger partial charge in [-0.25, -0.2) is 9.59 Å². The second kappa shape index (κ2) is 5.92. The van der Waals surface area contributed by atoms with Crippen LogP contribution < -0.4 is 15.6 Å². The molecule has 0 aromatic carbocycles. The van der Waals surface area contributed by atoms with E-state index in [-0.39, 0.29) is 17.0 Å². The smallest absolute Gasteiger partial charge is 0.352 e. The highest BCUT2D eigenvalue weighted by Gasteiger charge is 2.45. The number of hydrogen-bond donors (Lipinski definition) is 3. The largest absolute Gasteiger partial charge is 0.477 e. The van der Waals surface area contributed by atoms with Gasteiger partial charge in [0.1, 0.15) is 11.4 Å². The highest BCUT2D eigenvalue weighted by Crippen LogP contribution is 2.39. The highest BCUT2D eigenvalue weighted by atomic mass is 32.2. The fraction of sp³-hybridized carbons (Fsp3) is 0.286. The summed E-state index contributed by atoms with van der Waals surface area (Å²) in [5, 5.41) is 11.9. The Hall–Kier alpha value is -2.55. The van der Waals surface area contributed by atoms with Gasteiger partial charge in [-0.2, -0.15) is 4.57 Å². The predicted octanol–water partition coefficient (Wildman–Crippen LogP) is 0.109. The molecule has 8 nitrogen and oxygen atoms in total. The molecule has 1 saturated heterocycles. The van der Waals surface area contributed by atoms with Crippen LogP contribution in [0.2, 0.25) is 0 Å². The molecule has 1 aromatic heterocycles. The number of pyridine rings is 1. The molecule has 3 amide bonds. The number of urea groups is 1. The summed E-state index contributed by atoms with van der Waals surface area (Å²) >= 11 is 1.56. The minimum Gasteiger partial charge on any atom is -0.477 e. The number of nitrogens with zero attached hydrogens (tertiary/aromatic N) is 2. The average Bonchev–Trinajstić information content (AvgIpc) is 2.46. The van der Waals surface area contributed by atoms with E-state index in [1.807, 2.05) is 0 Å². The Labute approximate surface area is 135 Å². The second-order valence-electron chi connectivity index (χ2n) is 5.25. The molecule has 2 aliphatic heterocycles. The van der Waals surface area contributed by atoms with Gasteiger partial charge >= 0.3 is 12.0 Å². The molecule has 1 fully saturated rings. The number of nitrogens with one attached hydrogen (secondary N) is 1. The van der Waals surface area contributed by atoms with E-state index in [0.717, 1.165) is 0 Å². The number of fused-ring (bicyclic) bond motifs is 1. The summed E-state index contributed by atoms with van der Waals surface area (Å²) in [5.74, 6) is -0.701. The van der Waals surface area contributed by atoms with Gasteiger partial charge in [0.25, 0.3) is 0 Å². The van der Waals surface area contributed by atoms with Crippen molar-refractivity contribution >= 4 is 35.4 Å². The molecular formula is C14H15N4O4S+. The van der Waals surface area contributed by atoms with E-state index < -0.39 is 12.0 Å². The van der Waals surface area contributed by atoms with Gasteiger partial charge in [0.2, 0.25) is 5.91 Å². The summed E-state index contributed by atoms with van der Waals surface area (Å²) in [7, 11) is 0. The quantitative estimate of drug-likeness (QED) is 0.533. The number of nitrogens with two attached hydrogens (primary N) is 1. The van der Waals surface area contributed by atoms with Crippen LogP contribution in [-0.2, 0) is 16.1 Å². The van der Waals surface area contributed by atoms with Crippen molar-refractivity contribution in [1.29, 1.82) is 0 Å². The van der Waals surface area contributed by atoms with E-state index in [2.05, 4.69) is 5.32 Å². The average molecular weight is 335 g/mol. The third-order valence-electron chi connectivity index (χ3n) is 3.63. The summed E-state index contributed by atoms with van der Waals surface area (Å²) in [5.41, 5.74) is 6.33. The SMILES string of the molecule is NC(=O)Nc1ccc[n+](CC2=C(C(=O)O)N3C(=O)C[C@@H]3SC2)c1. The number of aromatic nitrogens is 1. The van der Waals surface area contributed by atoms with Crippen molar-refractivity contribution in [2.75, 3.05) is 11.1 Å². The van der Waals surface area contributed by atoms with Crippen molar-refractivity contribution < 1.29 is 24.1 Å². The molecule has 9 heteroatoms. The van der Waals surface area contributed by atoms with E-state index >= 15 is 0 Å². The Morgan fingerprint density at radius 1 is 1.52 bits per heavy atom. The lowest BCUT2D eigenvalue weighted by Crippen LogP contribution is -2.54. The normalized spacial score (nSPS) is 19.9. The lowest BCUT2D eigenvalue weighted by atomic mass is 10.1. The van der Waals surface area contributed by atoms with Crippen LogP contribution in [0.4, 0.5) is 10.5 Å². The van der Waals surface area contributed by atoms with E-state index in [1.165, 1.54) is 4.90 Å². The summed E-state index contributed by atoms with van der Waals surface area (Å²) in [6, 6.07) is 2.73. The fourth-order valence-corrected chi connectivity index (χ4v) is 3.91. The Morgan fingerprint density at radius 2 is 2.30 bits per heavy atom. The molecule has 3 rings (SSSR count). The Bertz CT molecular complexity index is 733. The van der Waals surface area contributed by atoms with Crippen molar-refractivity contribution in [3.05, 3.63) is 35.8 Å². The molecule has 0 radical (unpaired) electrons. The second-order valence-corrected chi connectivity index (χ2v) is 6.41. The molecule has 1 atom stereocenters. The minimum atomic E-state index is -1.09. The van der Waals surface area contributed by atoms with Crippen LogP contribution in [-0.4, -0.2) is 39.0 Å². The number of rotatable bonds is 4. The highest BCUT2D eigenvalue weighted by molar-refractivity contribution is 8.00. The molecular weight excluding hydrogens is 320 g/mol. The van der Waals surface area contributed by atoms with E-state index in [9.17, 15) is 19.5 Å². The molecule has 0 bridgehead atoms. The van der Waals surface area contributed by atoms with Gasteiger partial charge in [0.05, 0.1) is 11.8 Å². The zero-order valence-electron chi connectivity index (χ0n) is 12.1. The topological polar surface area (TPSA) is 117 Å². The first-order valence-electron chi connectivity index (χ1n) is 6.90. The molecule has 2 aliphatic rings. The third kappa shape index (κ3) is 3.00. The summed E-state index contributed by atoms with van der Waals surface area (Å²) in [6.45, 7) is 0.319.